The zero-order valence-electron chi connectivity index (χ0n) is 17.5. The van der Waals surface area contributed by atoms with Crippen LogP contribution >= 0.6 is 0 Å². The maximum atomic E-state index is 13.4. The van der Waals surface area contributed by atoms with Gasteiger partial charge in [-0.05, 0) is 75.4 Å². The van der Waals surface area contributed by atoms with E-state index >= 15 is 0 Å². The van der Waals surface area contributed by atoms with Crippen molar-refractivity contribution in [2.24, 2.45) is 5.92 Å². The van der Waals surface area contributed by atoms with E-state index in [0.717, 1.165) is 23.8 Å². The first kappa shape index (κ1) is 20.0. The predicted octanol–water partition coefficient (Wildman–Crippen LogP) is 4.08. The Morgan fingerprint density at radius 2 is 1.86 bits per heavy atom. The minimum atomic E-state index is 0.0812. The van der Waals surface area contributed by atoms with Gasteiger partial charge in [0.2, 0.25) is 0 Å². The average Bonchev–Trinajstić information content (AvgIpc) is 3.29. The van der Waals surface area contributed by atoms with Crippen LogP contribution in [0.5, 0.6) is 0 Å². The van der Waals surface area contributed by atoms with E-state index in [-0.39, 0.29) is 5.91 Å². The van der Waals surface area contributed by atoms with E-state index in [4.69, 9.17) is 0 Å². The number of nitrogens with zero attached hydrogens (tertiary/aromatic N) is 4. The van der Waals surface area contributed by atoms with Gasteiger partial charge in [-0.2, -0.15) is 0 Å². The summed E-state index contributed by atoms with van der Waals surface area (Å²) >= 11 is 0. The fourth-order valence-corrected chi connectivity index (χ4v) is 4.89. The Hall–Kier alpha value is -2.27. The van der Waals surface area contributed by atoms with Gasteiger partial charge >= 0.3 is 0 Å². The third kappa shape index (κ3) is 5.02. The predicted molar refractivity (Wildman–Crippen MR) is 115 cm³/mol. The Kier molecular flexibility index (Phi) is 6.55. The minimum absolute atomic E-state index is 0.0812. The summed E-state index contributed by atoms with van der Waals surface area (Å²) in [4.78, 5) is 26.6. The standard InChI is InChI=1S/C24H32N4O/c1-19-23(9-5-13-26-19)24(29)28(18-21-6-4-12-25-16-21)17-20-10-14-27(15-11-20)22-7-2-3-8-22/h4-6,9,12-13,16,20,22H,2-3,7-8,10-11,14-15,17-18H2,1H3. The summed E-state index contributed by atoms with van der Waals surface area (Å²) in [7, 11) is 0. The fourth-order valence-electron chi connectivity index (χ4n) is 4.89. The van der Waals surface area contributed by atoms with E-state index in [1.807, 2.05) is 42.3 Å². The quantitative estimate of drug-likeness (QED) is 0.743. The lowest BCUT2D eigenvalue weighted by Crippen LogP contribution is -2.43. The van der Waals surface area contributed by atoms with Crippen molar-refractivity contribution in [2.75, 3.05) is 19.6 Å². The molecule has 1 amide bonds. The highest BCUT2D eigenvalue weighted by molar-refractivity contribution is 5.95. The van der Waals surface area contributed by atoms with Crippen LogP contribution in [0.15, 0.2) is 42.9 Å². The van der Waals surface area contributed by atoms with Gasteiger partial charge in [0.1, 0.15) is 0 Å². The van der Waals surface area contributed by atoms with E-state index in [0.29, 0.717) is 18.0 Å². The van der Waals surface area contributed by atoms with Gasteiger partial charge in [-0.15, -0.1) is 0 Å². The van der Waals surface area contributed by atoms with Crippen LogP contribution in [-0.2, 0) is 6.54 Å². The van der Waals surface area contributed by atoms with E-state index in [1.165, 1.54) is 51.6 Å². The van der Waals surface area contributed by atoms with Crippen molar-refractivity contribution < 1.29 is 4.79 Å². The van der Waals surface area contributed by atoms with E-state index in [9.17, 15) is 4.79 Å². The highest BCUT2D eigenvalue weighted by atomic mass is 16.2. The summed E-state index contributed by atoms with van der Waals surface area (Å²) in [5.74, 6) is 0.642. The molecule has 5 nitrogen and oxygen atoms in total. The smallest absolute Gasteiger partial charge is 0.256 e. The number of aryl methyl sites for hydroxylation is 1. The molecular weight excluding hydrogens is 360 g/mol. The molecule has 29 heavy (non-hydrogen) atoms. The number of piperidine rings is 1. The lowest BCUT2D eigenvalue weighted by Gasteiger charge is -2.38. The van der Waals surface area contributed by atoms with Gasteiger partial charge in [0.05, 0.1) is 5.56 Å². The van der Waals surface area contributed by atoms with Gasteiger partial charge < -0.3 is 9.80 Å². The lowest BCUT2D eigenvalue weighted by atomic mass is 9.94. The molecule has 1 saturated carbocycles. The third-order valence-corrected chi connectivity index (χ3v) is 6.59. The number of rotatable bonds is 6. The third-order valence-electron chi connectivity index (χ3n) is 6.59. The van der Waals surface area contributed by atoms with Crippen molar-refractivity contribution in [1.82, 2.24) is 19.8 Å². The first-order chi connectivity index (χ1) is 14.2. The molecule has 5 heteroatoms. The second-order valence-electron chi connectivity index (χ2n) is 8.60. The highest BCUT2D eigenvalue weighted by Crippen LogP contribution is 2.28. The number of aromatic nitrogens is 2. The Labute approximate surface area is 174 Å². The van der Waals surface area contributed by atoms with E-state index in [2.05, 4.69) is 14.9 Å². The second kappa shape index (κ2) is 9.49. The zero-order chi connectivity index (χ0) is 20.1. The van der Waals surface area contributed by atoms with Crippen LogP contribution in [0.4, 0.5) is 0 Å². The first-order valence-corrected chi connectivity index (χ1v) is 11.0. The van der Waals surface area contributed by atoms with Crippen molar-refractivity contribution in [3.8, 4) is 0 Å². The first-order valence-electron chi connectivity index (χ1n) is 11.0. The molecule has 2 aromatic rings. The molecule has 1 saturated heterocycles. The Balaban J connectivity index is 1.44. The van der Waals surface area contributed by atoms with Gasteiger partial charge in [-0.25, -0.2) is 0 Å². The number of carbonyl (C=O) groups excluding carboxylic acids is 1. The molecule has 2 aromatic heterocycles. The number of hydrogen-bond acceptors (Lipinski definition) is 4. The van der Waals surface area contributed by atoms with Crippen LogP contribution in [0.3, 0.4) is 0 Å². The summed E-state index contributed by atoms with van der Waals surface area (Å²) in [6.07, 6.45) is 13.3. The monoisotopic (exact) mass is 392 g/mol. The molecule has 4 rings (SSSR count). The molecule has 2 aliphatic rings. The van der Waals surface area contributed by atoms with E-state index in [1.54, 1.807) is 12.4 Å². The number of likely N-dealkylation sites (tertiary alicyclic amines) is 1. The van der Waals surface area contributed by atoms with Crippen LogP contribution in [0.25, 0.3) is 0 Å². The normalized spacial score (nSPS) is 18.8. The van der Waals surface area contributed by atoms with Gasteiger partial charge in [-0.3, -0.25) is 14.8 Å². The maximum Gasteiger partial charge on any atom is 0.256 e. The van der Waals surface area contributed by atoms with Crippen LogP contribution in [0.1, 0.15) is 60.1 Å². The molecule has 0 unspecified atom stereocenters. The van der Waals surface area contributed by atoms with Crippen molar-refractivity contribution in [3.63, 3.8) is 0 Å². The van der Waals surface area contributed by atoms with Gasteiger partial charge in [-0.1, -0.05) is 18.9 Å². The highest BCUT2D eigenvalue weighted by Gasteiger charge is 2.29. The van der Waals surface area contributed by atoms with Crippen molar-refractivity contribution in [2.45, 2.75) is 58.0 Å². The molecule has 0 spiro atoms. The molecule has 0 radical (unpaired) electrons. The Bertz CT molecular complexity index is 796. The summed E-state index contributed by atoms with van der Waals surface area (Å²) in [5, 5.41) is 0. The van der Waals surface area contributed by atoms with Gasteiger partial charge in [0, 0.05) is 43.4 Å². The second-order valence-corrected chi connectivity index (χ2v) is 8.60. The molecule has 1 aliphatic heterocycles. The molecule has 2 fully saturated rings. The molecule has 3 heterocycles. The van der Waals surface area contributed by atoms with Crippen molar-refractivity contribution >= 4 is 5.91 Å². The van der Waals surface area contributed by atoms with Crippen LogP contribution in [0, 0.1) is 12.8 Å². The summed E-state index contributed by atoms with van der Waals surface area (Å²) in [5.41, 5.74) is 2.58. The van der Waals surface area contributed by atoms with Crippen LogP contribution < -0.4 is 0 Å². The largest absolute Gasteiger partial charge is 0.334 e. The Morgan fingerprint density at radius 3 is 2.55 bits per heavy atom. The topological polar surface area (TPSA) is 49.3 Å². The molecule has 1 aliphatic carbocycles. The SMILES string of the molecule is Cc1ncccc1C(=O)N(Cc1cccnc1)CC1CCN(C2CCCC2)CC1. The summed E-state index contributed by atoms with van der Waals surface area (Å²) in [6.45, 7) is 5.67. The minimum Gasteiger partial charge on any atom is -0.334 e. The van der Waals surface area contributed by atoms with Gasteiger partial charge in [0.25, 0.3) is 5.91 Å². The summed E-state index contributed by atoms with van der Waals surface area (Å²) in [6, 6.07) is 8.54. The van der Waals surface area contributed by atoms with Crippen molar-refractivity contribution in [3.05, 3.63) is 59.7 Å². The molecule has 0 N–H and O–H groups in total. The number of hydrogen-bond donors (Lipinski definition) is 0. The number of amides is 1. The van der Waals surface area contributed by atoms with Crippen LogP contribution in [0.2, 0.25) is 0 Å². The molecule has 0 aromatic carbocycles. The van der Waals surface area contributed by atoms with E-state index < -0.39 is 0 Å². The lowest BCUT2D eigenvalue weighted by molar-refractivity contribution is 0.0649. The summed E-state index contributed by atoms with van der Waals surface area (Å²) < 4.78 is 0. The Morgan fingerprint density at radius 1 is 1.10 bits per heavy atom. The molecule has 0 atom stereocenters. The van der Waals surface area contributed by atoms with Crippen LogP contribution in [-0.4, -0.2) is 51.4 Å². The fraction of sp³-hybridized carbons (Fsp3) is 0.542. The van der Waals surface area contributed by atoms with Crippen molar-refractivity contribution in [1.29, 1.82) is 0 Å². The molecule has 154 valence electrons. The number of carbonyl (C=O) groups is 1. The average molecular weight is 393 g/mol. The number of pyridine rings is 2. The zero-order valence-corrected chi connectivity index (χ0v) is 17.5. The molecule has 0 bridgehead atoms. The molecular formula is C24H32N4O. The van der Waals surface area contributed by atoms with Gasteiger partial charge in [0.15, 0.2) is 0 Å². The maximum absolute atomic E-state index is 13.4.